The summed E-state index contributed by atoms with van der Waals surface area (Å²) in [5.41, 5.74) is 1.21. The molecule has 130 valence electrons. The summed E-state index contributed by atoms with van der Waals surface area (Å²) in [6, 6.07) is 8.53. The van der Waals surface area contributed by atoms with Crippen molar-refractivity contribution in [3.05, 3.63) is 29.8 Å². The number of para-hydroxylation sites is 1. The van der Waals surface area contributed by atoms with Crippen LogP contribution in [0.1, 0.15) is 45.1 Å². The molecule has 2 rings (SSSR count). The van der Waals surface area contributed by atoms with Crippen molar-refractivity contribution in [1.82, 2.24) is 10.6 Å². The Bertz CT molecular complexity index is 494. The van der Waals surface area contributed by atoms with Crippen molar-refractivity contribution in [2.75, 3.05) is 19.7 Å². The van der Waals surface area contributed by atoms with E-state index in [-0.39, 0.29) is 24.2 Å². The van der Waals surface area contributed by atoms with Crippen LogP contribution in [0.5, 0.6) is 5.75 Å². The van der Waals surface area contributed by atoms with Crippen molar-refractivity contribution >= 4 is 18.3 Å². The highest BCUT2D eigenvalue weighted by Gasteiger charge is 2.24. The largest absolute Gasteiger partial charge is 0.491 e. The Hall–Kier alpha value is -1.26. The first-order valence-corrected chi connectivity index (χ1v) is 8.30. The van der Waals surface area contributed by atoms with Crippen molar-refractivity contribution in [2.24, 2.45) is 5.92 Å². The van der Waals surface area contributed by atoms with E-state index in [1.54, 1.807) is 0 Å². The molecular weight excluding hydrogens is 312 g/mol. The number of carbonyl (C=O) groups is 1. The van der Waals surface area contributed by atoms with Gasteiger partial charge < -0.3 is 15.4 Å². The summed E-state index contributed by atoms with van der Waals surface area (Å²) in [6.45, 7) is 8.44. The maximum absolute atomic E-state index is 12.1. The van der Waals surface area contributed by atoms with Gasteiger partial charge in [0.15, 0.2) is 0 Å². The molecule has 1 aliphatic rings. The summed E-state index contributed by atoms with van der Waals surface area (Å²) < 4.78 is 5.83. The molecule has 0 radical (unpaired) electrons. The second kappa shape index (κ2) is 9.78. The van der Waals surface area contributed by atoms with Crippen LogP contribution in [0.4, 0.5) is 0 Å². The van der Waals surface area contributed by atoms with Gasteiger partial charge in [0.2, 0.25) is 5.91 Å². The number of hydrogen-bond donors (Lipinski definition) is 2. The summed E-state index contributed by atoms with van der Waals surface area (Å²) >= 11 is 0. The monoisotopic (exact) mass is 340 g/mol. The number of carbonyl (C=O) groups excluding carboxylic acids is 1. The molecule has 1 amide bonds. The van der Waals surface area contributed by atoms with Crippen LogP contribution in [0, 0.1) is 5.92 Å². The minimum atomic E-state index is 0. The average molecular weight is 341 g/mol. The number of amides is 1. The lowest BCUT2D eigenvalue weighted by molar-refractivity contribution is -0.126. The van der Waals surface area contributed by atoms with Crippen LogP contribution in [0.25, 0.3) is 0 Å². The summed E-state index contributed by atoms with van der Waals surface area (Å²) in [5.74, 6) is 1.65. The quantitative estimate of drug-likeness (QED) is 0.782. The Morgan fingerprint density at radius 2 is 2.13 bits per heavy atom. The van der Waals surface area contributed by atoms with E-state index in [0.717, 1.165) is 25.1 Å². The lowest BCUT2D eigenvalue weighted by Gasteiger charge is -2.27. The highest BCUT2D eigenvalue weighted by Crippen LogP contribution is 2.25. The van der Waals surface area contributed by atoms with Crippen molar-refractivity contribution in [3.63, 3.8) is 0 Å². The molecule has 1 heterocycles. The first-order chi connectivity index (χ1) is 10.6. The predicted octanol–water partition coefficient (Wildman–Crippen LogP) is 3.11. The maximum atomic E-state index is 12.1. The van der Waals surface area contributed by atoms with Gasteiger partial charge in [0.25, 0.3) is 0 Å². The maximum Gasteiger partial charge on any atom is 0.223 e. The second-order valence-electron chi connectivity index (χ2n) is 6.41. The van der Waals surface area contributed by atoms with Gasteiger partial charge in [-0.05, 0) is 43.9 Å². The Morgan fingerprint density at radius 1 is 1.39 bits per heavy atom. The van der Waals surface area contributed by atoms with Crippen LogP contribution >= 0.6 is 12.4 Å². The van der Waals surface area contributed by atoms with Gasteiger partial charge in [0.05, 0.1) is 6.54 Å². The van der Waals surface area contributed by atoms with Gasteiger partial charge in [-0.1, -0.05) is 32.0 Å². The van der Waals surface area contributed by atoms with Crippen molar-refractivity contribution in [2.45, 2.75) is 45.6 Å². The third-order valence-corrected chi connectivity index (χ3v) is 4.19. The zero-order chi connectivity index (χ0) is 15.9. The smallest absolute Gasteiger partial charge is 0.223 e. The first kappa shape index (κ1) is 19.8. The first-order valence-electron chi connectivity index (χ1n) is 8.30. The molecule has 1 aromatic rings. The van der Waals surface area contributed by atoms with Crippen molar-refractivity contribution < 1.29 is 9.53 Å². The van der Waals surface area contributed by atoms with Gasteiger partial charge in [0.1, 0.15) is 12.4 Å². The van der Waals surface area contributed by atoms with E-state index >= 15 is 0 Å². The normalized spacial score (nSPS) is 20.7. The fraction of sp³-hybridized carbons (Fsp3) is 0.611. The Labute approximate surface area is 145 Å². The summed E-state index contributed by atoms with van der Waals surface area (Å²) in [7, 11) is 0. The third kappa shape index (κ3) is 6.04. The van der Waals surface area contributed by atoms with Crippen LogP contribution < -0.4 is 15.4 Å². The molecule has 1 saturated heterocycles. The van der Waals surface area contributed by atoms with E-state index in [2.05, 4.69) is 37.5 Å². The van der Waals surface area contributed by atoms with Crippen LogP contribution in [-0.4, -0.2) is 31.6 Å². The molecule has 2 atom stereocenters. The summed E-state index contributed by atoms with van der Waals surface area (Å²) in [5, 5.41) is 6.37. The van der Waals surface area contributed by atoms with Crippen molar-refractivity contribution in [3.8, 4) is 5.75 Å². The summed E-state index contributed by atoms with van der Waals surface area (Å²) in [4.78, 5) is 12.1. The molecule has 1 fully saturated rings. The lowest BCUT2D eigenvalue weighted by atomic mass is 9.92. The highest BCUT2D eigenvalue weighted by atomic mass is 35.5. The highest BCUT2D eigenvalue weighted by molar-refractivity contribution is 5.85. The molecule has 0 aliphatic carbocycles. The van der Waals surface area contributed by atoms with E-state index < -0.39 is 0 Å². The molecule has 0 bridgehead atoms. The van der Waals surface area contributed by atoms with Gasteiger partial charge in [-0.25, -0.2) is 0 Å². The number of halogens is 1. The van der Waals surface area contributed by atoms with Crippen LogP contribution in [0.15, 0.2) is 24.3 Å². The van der Waals surface area contributed by atoms with E-state index in [1.807, 2.05) is 18.2 Å². The number of nitrogens with one attached hydrogen (secondary N) is 2. The SMILES string of the molecule is CC(C)c1ccccc1OCCNC(=O)[C@H]1CCN[C@@H](C)C1.Cl. The Morgan fingerprint density at radius 3 is 2.83 bits per heavy atom. The molecular formula is C18H29ClN2O2. The second-order valence-corrected chi connectivity index (χ2v) is 6.41. The fourth-order valence-electron chi connectivity index (χ4n) is 2.94. The zero-order valence-electron chi connectivity index (χ0n) is 14.3. The molecule has 5 heteroatoms. The molecule has 0 unspecified atom stereocenters. The molecule has 0 saturated carbocycles. The van der Waals surface area contributed by atoms with Crippen LogP contribution in [-0.2, 0) is 4.79 Å². The van der Waals surface area contributed by atoms with Gasteiger partial charge in [0, 0.05) is 12.0 Å². The topological polar surface area (TPSA) is 50.4 Å². The van der Waals surface area contributed by atoms with Gasteiger partial charge >= 0.3 is 0 Å². The Balaban J connectivity index is 0.00000264. The van der Waals surface area contributed by atoms with E-state index in [0.29, 0.717) is 25.1 Å². The molecule has 1 aromatic carbocycles. The zero-order valence-corrected chi connectivity index (χ0v) is 15.1. The number of hydrogen-bond acceptors (Lipinski definition) is 3. The van der Waals surface area contributed by atoms with Gasteiger partial charge in [-0.2, -0.15) is 0 Å². The third-order valence-electron chi connectivity index (χ3n) is 4.19. The fourth-order valence-corrected chi connectivity index (χ4v) is 2.94. The summed E-state index contributed by atoms with van der Waals surface area (Å²) in [6.07, 6.45) is 1.84. The number of benzene rings is 1. The van der Waals surface area contributed by atoms with Crippen LogP contribution in [0.2, 0.25) is 0 Å². The molecule has 2 N–H and O–H groups in total. The lowest BCUT2D eigenvalue weighted by Crippen LogP contribution is -2.43. The van der Waals surface area contributed by atoms with E-state index in [4.69, 9.17) is 4.74 Å². The van der Waals surface area contributed by atoms with E-state index in [1.165, 1.54) is 5.56 Å². The van der Waals surface area contributed by atoms with Gasteiger partial charge in [-0.3, -0.25) is 4.79 Å². The Kier molecular flexibility index (Phi) is 8.42. The standard InChI is InChI=1S/C18H28N2O2.ClH/c1-13(2)16-6-4-5-7-17(16)22-11-10-20-18(21)15-8-9-19-14(3)12-15;/h4-7,13-15,19H,8-12H2,1-3H3,(H,20,21);1H/t14-,15-;/m0./s1. The molecule has 0 spiro atoms. The predicted molar refractivity (Wildman–Crippen MR) is 96.5 cm³/mol. The molecule has 23 heavy (non-hydrogen) atoms. The van der Waals surface area contributed by atoms with Crippen LogP contribution in [0.3, 0.4) is 0 Å². The molecule has 4 nitrogen and oxygen atoms in total. The number of ether oxygens (including phenoxy) is 1. The van der Waals surface area contributed by atoms with Crippen molar-refractivity contribution in [1.29, 1.82) is 0 Å². The number of rotatable bonds is 6. The minimum absolute atomic E-state index is 0. The van der Waals surface area contributed by atoms with E-state index in [9.17, 15) is 4.79 Å². The molecule has 0 aromatic heterocycles. The molecule has 1 aliphatic heterocycles. The minimum Gasteiger partial charge on any atom is -0.491 e. The van der Waals surface area contributed by atoms with Gasteiger partial charge in [-0.15, -0.1) is 12.4 Å². The average Bonchev–Trinajstić information content (AvgIpc) is 2.51. The number of piperidine rings is 1.